The molecule has 1 aromatic heterocycles. The molecule has 1 aliphatic rings. The Morgan fingerprint density at radius 3 is 2.64 bits per heavy atom. The van der Waals surface area contributed by atoms with Crippen LogP contribution in [0.2, 0.25) is 0 Å². The molecule has 1 unspecified atom stereocenters. The van der Waals surface area contributed by atoms with Crippen molar-refractivity contribution in [2.24, 2.45) is 15.9 Å². The van der Waals surface area contributed by atoms with Crippen LogP contribution in [0.4, 0.5) is 0 Å². The average Bonchev–Trinajstić information content (AvgIpc) is 2.67. The lowest BCUT2D eigenvalue weighted by molar-refractivity contribution is 0.0226. The summed E-state index contributed by atoms with van der Waals surface area (Å²) in [5, 5.41) is 3.87. The third kappa shape index (κ3) is 4.73. The molecular weight excluding hydrogens is 312 g/mol. The molecule has 0 aliphatic carbocycles. The van der Waals surface area contributed by atoms with Crippen molar-refractivity contribution >= 4 is 11.9 Å². The summed E-state index contributed by atoms with van der Waals surface area (Å²) in [5.74, 6) is 5.55. The van der Waals surface area contributed by atoms with Gasteiger partial charge in [0.15, 0.2) is 0 Å². The molecular formula is C20H24N4O. The number of aryl methyl sites for hydroxylation is 1. The van der Waals surface area contributed by atoms with E-state index in [1.165, 1.54) is 6.42 Å². The van der Waals surface area contributed by atoms with Crippen LogP contribution in [0.5, 0.6) is 0 Å². The predicted octanol–water partition coefficient (Wildman–Crippen LogP) is 3.36. The van der Waals surface area contributed by atoms with E-state index < -0.39 is 0 Å². The van der Waals surface area contributed by atoms with Gasteiger partial charge in [-0.15, -0.1) is 0 Å². The van der Waals surface area contributed by atoms with Crippen LogP contribution in [-0.4, -0.2) is 36.2 Å². The Kier molecular flexibility index (Phi) is 5.90. The van der Waals surface area contributed by atoms with Crippen molar-refractivity contribution in [2.75, 3.05) is 13.2 Å². The SMILES string of the molecule is Cc1ccc(-c2ccc(/C(C=NCC3CCCCO3)=N/N)cc2)cn1. The fourth-order valence-corrected chi connectivity index (χ4v) is 2.86. The van der Waals surface area contributed by atoms with Crippen molar-refractivity contribution in [3.63, 3.8) is 0 Å². The van der Waals surface area contributed by atoms with Crippen LogP contribution in [0.25, 0.3) is 11.1 Å². The zero-order valence-electron chi connectivity index (χ0n) is 14.6. The molecule has 1 saturated heterocycles. The molecule has 25 heavy (non-hydrogen) atoms. The lowest BCUT2D eigenvalue weighted by Crippen LogP contribution is -2.22. The Balaban J connectivity index is 1.65. The number of benzene rings is 1. The van der Waals surface area contributed by atoms with E-state index in [2.05, 4.69) is 21.1 Å². The highest BCUT2D eigenvalue weighted by Gasteiger charge is 2.12. The quantitative estimate of drug-likeness (QED) is 0.517. The van der Waals surface area contributed by atoms with Gasteiger partial charge in [0.2, 0.25) is 0 Å². The lowest BCUT2D eigenvalue weighted by Gasteiger charge is -2.20. The highest BCUT2D eigenvalue weighted by atomic mass is 16.5. The Labute approximate surface area is 148 Å². The number of nitrogens with two attached hydrogens (primary N) is 1. The molecule has 5 heteroatoms. The third-order valence-electron chi connectivity index (χ3n) is 4.36. The summed E-state index contributed by atoms with van der Waals surface area (Å²) in [6.45, 7) is 3.48. The Hall–Kier alpha value is -2.53. The lowest BCUT2D eigenvalue weighted by atomic mass is 10.0. The molecule has 1 aliphatic heterocycles. The molecule has 1 atom stereocenters. The number of hydrogen-bond donors (Lipinski definition) is 1. The standard InChI is InChI=1S/C20H24N4O/c1-15-5-6-18(12-23-15)16-7-9-17(10-8-16)20(24-21)14-22-13-19-4-2-3-11-25-19/h5-10,12,14,19H,2-4,11,13,21H2,1H3/b22-14?,24-20+. The number of hydrogen-bond acceptors (Lipinski definition) is 5. The van der Waals surface area contributed by atoms with Crippen LogP contribution >= 0.6 is 0 Å². The molecule has 0 saturated carbocycles. The zero-order chi connectivity index (χ0) is 17.5. The fraction of sp³-hybridized carbons (Fsp3) is 0.350. The molecule has 1 fully saturated rings. The molecule has 130 valence electrons. The first kappa shape index (κ1) is 17.3. The average molecular weight is 336 g/mol. The summed E-state index contributed by atoms with van der Waals surface area (Å²) in [5.41, 5.74) is 4.83. The van der Waals surface area contributed by atoms with Crippen LogP contribution in [0, 0.1) is 6.92 Å². The van der Waals surface area contributed by atoms with Crippen molar-refractivity contribution in [2.45, 2.75) is 32.3 Å². The van der Waals surface area contributed by atoms with E-state index in [9.17, 15) is 0 Å². The summed E-state index contributed by atoms with van der Waals surface area (Å²) < 4.78 is 5.68. The van der Waals surface area contributed by atoms with Crippen LogP contribution in [0.3, 0.4) is 0 Å². The molecule has 0 spiro atoms. The fourth-order valence-electron chi connectivity index (χ4n) is 2.86. The van der Waals surface area contributed by atoms with Crippen LogP contribution in [0.15, 0.2) is 52.7 Å². The van der Waals surface area contributed by atoms with Gasteiger partial charge in [-0.25, -0.2) is 0 Å². The molecule has 2 heterocycles. The Morgan fingerprint density at radius 2 is 2.00 bits per heavy atom. The Bertz CT molecular complexity index is 729. The van der Waals surface area contributed by atoms with E-state index in [0.29, 0.717) is 12.3 Å². The molecule has 0 radical (unpaired) electrons. The minimum absolute atomic E-state index is 0.223. The van der Waals surface area contributed by atoms with Gasteiger partial charge in [0, 0.05) is 35.8 Å². The van der Waals surface area contributed by atoms with Gasteiger partial charge < -0.3 is 10.6 Å². The predicted molar refractivity (Wildman–Crippen MR) is 102 cm³/mol. The molecule has 1 aromatic carbocycles. The Morgan fingerprint density at radius 1 is 1.20 bits per heavy atom. The number of aliphatic imine (C=N–C) groups is 1. The molecule has 0 amide bonds. The van der Waals surface area contributed by atoms with Gasteiger partial charge in [0.1, 0.15) is 5.71 Å². The molecule has 5 nitrogen and oxygen atoms in total. The van der Waals surface area contributed by atoms with E-state index in [0.717, 1.165) is 41.8 Å². The second-order valence-electron chi connectivity index (χ2n) is 6.26. The highest BCUT2D eigenvalue weighted by molar-refractivity contribution is 6.38. The second kappa shape index (κ2) is 8.53. The maximum absolute atomic E-state index is 5.68. The smallest absolute Gasteiger partial charge is 0.108 e. The maximum atomic E-state index is 5.68. The first-order valence-corrected chi connectivity index (χ1v) is 8.69. The van der Waals surface area contributed by atoms with Crippen LogP contribution in [0.1, 0.15) is 30.5 Å². The first-order valence-electron chi connectivity index (χ1n) is 8.69. The van der Waals surface area contributed by atoms with Gasteiger partial charge >= 0.3 is 0 Å². The van der Waals surface area contributed by atoms with E-state index in [4.69, 9.17) is 10.6 Å². The maximum Gasteiger partial charge on any atom is 0.108 e. The number of nitrogens with zero attached hydrogens (tertiary/aromatic N) is 3. The van der Waals surface area contributed by atoms with Gasteiger partial charge in [-0.2, -0.15) is 5.10 Å². The van der Waals surface area contributed by atoms with Gasteiger partial charge in [-0.1, -0.05) is 30.3 Å². The summed E-state index contributed by atoms with van der Waals surface area (Å²) in [4.78, 5) is 8.80. The van der Waals surface area contributed by atoms with Gasteiger partial charge in [-0.05, 0) is 37.8 Å². The van der Waals surface area contributed by atoms with Crippen molar-refractivity contribution in [1.82, 2.24) is 4.98 Å². The van der Waals surface area contributed by atoms with E-state index in [1.807, 2.05) is 43.5 Å². The van der Waals surface area contributed by atoms with Gasteiger partial charge in [-0.3, -0.25) is 9.98 Å². The summed E-state index contributed by atoms with van der Waals surface area (Å²) >= 11 is 0. The van der Waals surface area contributed by atoms with Crippen LogP contribution < -0.4 is 5.84 Å². The summed E-state index contributed by atoms with van der Waals surface area (Å²) in [6, 6.07) is 12.2. The van der Waals surface area contributed by atoms with E-state index in [1.54, 1.807) is 6.21 Å². The number of rotatable bonds is 5. The topological polar surface area (TPSA) is 72.9 Å². The highest BCUT2D eigenvalue weighted by Crippen LogP contribution is 2.19. The molecule has 2 N–H and O–H groups in total. The van der Waals surface area contributed by atoms with E-state index >= 15 is 0 Å². The van der Waals surface area contributed by atoms with Crippen molar-refractivity contribution < 1.29 is 4.74 Å². The summed E-state index contributed by atoms with van der Waals surface area (Å²) in [7, 11) is 0. The third-order valence-corrected chi connectivity index (χ3v) is 4.36. The van der Waals surface area contributed by atoms with Crippen molar-refractivity contribution in [3.05, 3.63) is 53.9 Å². The summed E-state index contributed by atoms with van der Waals surface area (Å²) in [6.07, 6.45) is 7.28. The molecule has 2 aromatic rings. The van der Waals surface area contributed by atoms with Crippen LogP contribution in [-0.2, 0) is 4.74 Å². The number of hydrazone groups is 1. The number of pyridine rings is 1. The number of aromatic nitrogens is 1. The van der Waals surface area contributed by atoms with Gasteiger partial charge in [0.25, 0.3) is 0 Å². The largest absolute Gasteiger partial charge is 0.376 e. The first-order chi connectivity index (χ1) is 12.3. The van der Waals surface area contributed by atoms with Gasteiger partial charge in [0.05, 0.1) is 12.6 Å². The minimum Gasteiger partial charge on any atom is -0.376 e. The van der Waals surface area contributed by atoms with E-state index in [-0.39, 0.29) is 6.10 Å². The zero-order valence-corrected chi connectivity index (χ0v) is 14.6. The molecule has 3 rings (SSSR count). The van der Waals surface area contributed by atoms with Crippen molar-refractivity contribution in [1.29, 1.82) is 0 Å². The monoisotopic (exact) mass is 336 g/mol. The second-order valence-corrected chi connectivity index (χ2v) is 6.26. The molecule has 0 bridgehead atoms. The minimum atomic E-state index is 0.223. The van der Waals surface area contributed by atoms with Crippen molar-refractivity contribution in [3.8, 4) is 11.1 Å². The normalized spacial score (nSPS) is 18.6. The number of ether oxygens (including phenoxy) is 1.